The molecule has 1 aromatic carbocycles. The van der Waals surface area contributed by atoms with E-state index in [2.05, 4.69) is 44.6 Å². The van der Waals surface area contributed by atoms with Crippen molar-refractivity contribution in [3.8, 4) is 0 Å². The van der Waals surface area contributed by atoms with Crippen LogP contribution in [0.1, 0.15) is 18.9 Å². The predicted octanol–water partition coefficient (Wildman–Crippen LogP) is 1.59. The Labute approximate surface area is 126 Å². The van der Waals surface area contributed by atoms with Crippen LogP contribution >= 0.6 is 0 Å². The lowest BCUT2D eigenvalue weighted by molar-refractivity contribution is -0.144. The van der Waals surface area contributed by atoms with Crippen LogP contribution in [0.25, 0.3) is 0 Å². The number of hydrogen-bond acceptors (Lipinski definition) is 3. The largest absolute Gasteiger partial charge is 0.469 e. The zero-order valence-corrected chi connectivity index (χ0v) is 13.1. The van der Waals surface area contributed by atoms with E-state index in [9.17, 15) is 4.79 Å². The van der Waals surface area contributed by atoms with Crippen LogP contribution < -0.4 is 10.6 Å². The van der Waals surface area contributed by atoms with Crippen molar-refractivity contribution in [1.29, 1.82) is 0 Å². The average Bonchev–Trinajstić information content (AvgIpc) is 2.54. The van der Waals surface area contributed by atoms with E-state index in [1.807, 2.05) is 13.0 Å². The van der Waals surface area contributed by atoms with Gasteiger partial charge in [-0.2, -0.15) is 0 Å². The number of ether oxygens (including phenoxy) is 1. The number of hydrogen-bond donors (Lipinski definition) is 2. The van der Waals surface area contributed by atoms with Gasteiger partial charge in [0.25, 0.3) is 0 Å². The molecule has 0 spiro atoms. The molecule has 5 nitrogen and oxygen atoms in total. The van der Waals surface area contributed by atoms with Gasteiger partial charge < -0.3 is 15.4 Å². The molecule has 0 aliphatic carbocycles. The first-order chi connectivity index (χ1) is 10.2. The number of aryl methyl sites for hydroxylation is 1. The summed E-state index contributed by atoms with van der Waals surface area (Å²) in [5.41, 5.74) is 1.33. The smallest absolute Gasteiger partial charge is 0.310 e. The van der Waals surface area contributed by atoms with Gasteiger partial charge in [-0.15, -0.1) is 0 Å². The monoisotopic (exact) mass is 291 g/mol. The minimum absolute atomic E-state index is 0.196. The van der Waals surface area contributed by atoms with E-state index in [0.717, 1.165) is 19.4 Å². The molecule has 5 heteroatoms. The molecule has 0 amide bonds. The van der Waals surface area contributed by atoms with Gasteiger partial charge in [-0.1, -0.05) is 37.3 Å². The molecule has 21 heavy (non-hydrogen) atoms. The zero-order chi connectivity index (χ0) is 15.5. The molecule has 1 aromatic rings. The van der Waals surface area contributed by atoms with Gasteiger partial charge in [0.05, 0.1) is 13.0 Å². The Kier molecular flexibility index (Phi) is 7.94. The van der Waals surface area contributed by atoms with Gasteiger partial charge >= 0.3 is 5.97 Å². The van der Waals surface area contributed by atoms with Crippen molar-refractivity contribution in [1.82, 2.24) is 10.6 Å². The maximum Gasteiger partial charge on any atom is 0.310 e. The predicted molar refractivity (Wildman–Crippen MR) is 85.3 cm³/mol. The molecule has 0 saturated heterocycles. The van der Waals surface area contributed by atoms with E-state index < -0.39 is 0 Å². The summed E-state index contributed by atoms with van der Waals surface area (Å²) in [6.45, 7) is 3.16. The Morgan fingerprint density at radius 3 is 2.62 bits per heavy atom. The Morgan fingerprint density at radius 1 is 1.29 bits per heavy atom. The molecule has 116 valence electrons. The number of guanidine groups is 1. The van der Waals surface area contributed by atoms with Gasteiger partial charge in [0.15, 0.2) is 5.96 Å². The summed E-state index contributed by atoms with van der Waals surface area (Å²) in [7, 11) is 3.12. The van der Waals surface area contributed by atoms with Gasteiger partial charge in [0, 0.05) is 20.1 Å². The quantitative estimate of drug-likeness (QED) is 0.347. The third-order valence-corrected chi connectivity index (χ3v) is 3.18. The second-order valence-electron chi connectivity index (χ2n) is 4.89. The molecule has 0 radical (unpaired) electrons. The maximum atomic E-state index is 11.3. The molecule has 0 heterocycles. The van der Waals surface area contributed by atoms with Crippen molar-refractivity contribution in [3.63, 3.8) is 0 Å². The van der Waals surface area contributed by atoms with Gasteiger partial charge in [0.2, 0.25) is 0 Å². The van der Waals surface area contributed by atoms with Gasteiger partial charge in [-0.05, 0) is 18.4 Å². The minimum atomic E-state index is -0.220. The van der Waals surface area contributed by atoms with Gasteiger partial charge in [-0.3, -0.25) is 9.79 Å². The van der Waals surface area contributed by atoms with Crippen LogP contribution in [0.2, 0.25) is 0 Å². The third-order valence-electron chi connectivity index (χ3n) is 3.18. The van der Waals surface area contributed by atoms with Crippen molar-refractivity contribution in [2.45, 2.75) is 19.8 Å². The normalized spacial score (nSPS) is 12.6. The number of nitrogens with zero attached hydrogens (tertiary/aromatic N) is 1. The summed E-state index contributed by atoms with van der Waals surface area (Å²) in [5, 5.41) is 6.36. The second kappa shape index (κ2) is 9.80. The number of benzene rings is 1. The first-order valence-electron chi connectivity index (χ1n) is 7.23. The topological polar surface area (TPSA) is 62.7 Å². The Hall–Kier alpha value is -2.04. The van der Waals surface area contributed by atoms with Crippen LogP contribution in [-0.2, 0) is 16.0 Å². The summed E-state index contributed by atoms with van der Waals surface area (Å²) < 4.78 is 4.69. The highest BCUT2D eigenvalue weighted by Crippen LogP contribution is 2.01. The van der Waals surface area contributed by atoms with Crippen LogP contribution in [0.5, 0.6) is 0 Å². The highest BCUT2D eigenvalue weighted by molar-refractivity contribution is 5.80. The molecule has 1 unspecified atom stereocenters. The number of aliphatic imine (C=N–C) groups is 1. The standard InChI is InChI=1S/C16H25N3O2/c1-13(15(20)21-3)12-19-16(17-2)18-11-7-10-14-8-5-4-6-9-14/h4-6,8-9,13H,7,10-12H2,1-3H3,(H2,17,18,19). The molecular weight excluding hydrogens is 266 g/mol. The number of rotatable bonds is 7. The van der Waals surface area contributed by atoms with Crippen LogP contribution in [0.15, 0.2) is 35.3 Å². The highest BCUT2D eigenvalue weighted by atomic mass is 16.5. The Balaban J connectivity index is 2.21. The summed E-state index contributed by atoms with van der Waals surface area (Å²) in [6, 6.07) is 10.4. The van der Waals surface area contributed by atoms with Gasteiger partial charge in [0.1, 0.15) is 0 Å². The summed E-state index contributed by atoms with van der Waals surface area (Å²) in [6.07, 6.45) is 2.06. The number of nitrogens with one attached hydrogen (secondary N) is 2. The summed E-state index contributed by atoms with van der Waals surface area (Å²) >= 11 is 0. The first kappa shape index (κ1) is 17.0. The van der Waals surface area contributed by atoms with E-state index in [1.165, 1.54) is 12.7 Å². The molecule has 0 aliphatic rings. The zero-order valence-electron chi connectivity index (χ0n) is 13.1. The molecule has 2 N–H and O–H groups in total. The molecule has 0 aliphatic heterocycles. The minimum Gasteiger partial charge on any atom is -0.469 e. The molecule has 0 fully saturated rings. The highest BCUT2D eigenvalue weighted by Gasteiger charge is 2.12. The second-order valence-corrected chi connectivity index (χ2v) is 4.89. The number of carbonyl (C=O) groups is 1. The SMILES string of the molecule is CN=C(NCCCc1ccccc1)NCC(C)C(=O)OC. The summed E-state index contributed by atoms with van der Waals surface area (Å²) in [5.74, 6) is 0.290. The van der Waals surface area contributed by atoms with E-state index in [1.54, 1.807) is 7.05 Å². The molecular formula is C16H25N3O2. The average molecular weight is 291 g/mol. The van der Waals surface area contributed by atoms with Gasteiger partial charge in [-0.25, -0.2) is 0 Å². The maximum absolute atomic E-state index is 11.3. The lowest BCUT2D eigenvalue weighted by Crippen LogP contribution is -2.41. The van der Waals surface area contributed by atoms with Crippen LogP contribution in [0, 0.1) is 5.92 Å². The Bertz CT molecular complexity index is 446. The fourth-order valence-electron chi connectivity index (χ4n) is 1.90. The lowest BCUT2D eigenvalue weighted by atomic mass is 10.1. The third kappa shape index (κ3) is 6.79. The van der Waals surface area contributed by atoms with Crippen LogP contribution in [0.3, 0.4) is 0 Å². The van der Waals surface area contributed by atoms with Crippen molar-refractivity contribution in [2.75, 3.05) is 27.2 Å². The van der Waals surface area contributed by atoms with Crippen LogP contribution in [0.4, 0.5) is 0 Å². The van der Waals surface area contributed by atoms with Crippen molar-refractivity contribution >= 4 is 11.9 Å². The van der Waals surface area contributed by atoms with E-state index >= 15 is 0 Å². The first-order valence-corrected chi connectivity index (χ1v) is 7.23. The molecule has 0 bridgehead atoms. The molecule has 0 saturated carbocycles. The van der Waals surface area contributed by atoms with Crippen molar-refractivity contribution in [3.05, 3.63) is 35.9 Å². The van der Waals surface area contributed by atoms with E-state index in [-0.39, 0.29) is 11.9 Å². The van der Waals surface area contributed by atoms with Crippen molar-refractivity contribution in [2.24, 2.45) is 10.9 Å². The van der Waals surface area contributed by atoms with E-state index in [0.29, 0.717) is 12.5 Å². The molecule has 1 rings (SSSR count). The summed E-state index contributed by atoms with van der Waals surface area (Å²) in [4.78, 5) is 15.4. The van der Waals surface area contributed by atoms with Crippen LogP contribution in [-0.4, -0.2) is 39.2 Å². The molecule has 1 atom stereocenters. The Morgan fingerprint density at radius 2 is 2.00 bits per heavy atom. The van der Waals surface area contributed by atoms with E-state index in [4.69, 9.17) is 0 Å². The lowest BCUT2D eigenvalue weighted by Gasteiger charge is -2.14. The number of methoxy groups -OCH3 is 1. The number of esters is 1. The van der Waals surface area contributed by atoms with Crippen molar-refractivity contribution < 1.29 is 9.53 Å². The molecule has 0 aromatic heterocycles. The fourth-order valence-corrected chi connectivity index (χ4v) is 1.90. The number of carbonyl (C=O) groups excluding carboxylic acids is 1. The fraction of sp³-hybridized carbons (Fsp3) is 0.500.